The molecule has 0 aliphatic carbocycles. The predicted octanol–water partition coefficient (Wildman–Crippen LogP) is 3.35. The lowest BCUT2D eigenvalue weighted by Crippen LogP contribution is -2.22. The van der Waals surface area contributed by atoms with Crippen molar-refractivity contribution in [1.82, 2.24) is 14.7 Å². The average molecular weight is 379 g/mol. The average Bonchev–Trinajstić information content (AvgIpc) is 2.89. The van der Waals surface area contributed by atoms with Crippen molar-refractivity contribution < 1.29 is 0 Å². The van der Waals surface area contributed by atoms with Gasteiger partial charge in [-0.1, -0.05) is 22.9 Å². The highest BCUT2D eigenvalue weighted by molar-refractivity contribution is 9.10. The van der Waals surface area contributed by atoms with Crippen molar-refractivity contribution in [2.45, 2.75) is 32.7 Å². The summed E-state index contributed by atoms with van der Waals surface area (Å²) in [5.74, 6) is 0.863. The lowest BCUT2D eigenvalue weighted by molar-refractivity contribution is 0.306. The summed E-state index contributed by atoms with van der Waals surface area (Å²) in [6, 6.07) is 0. The Morgan fingerprint density at radius 1 is 1.44 bits per heavy atom. The minimum Gasteiger partial charge on any atom is -0.297 e. The van der Waals surface area contributed by atoms with Crippen molar-refractivity contribution in [2.24, 2.45) is 13.0 Å². The number of hydrogen-bond acceptors (Lipinski definition) is 2. The van der Waals surface area contributed by atoms with Crippen LogP contribution in [0.4, 0.5) is 0 Å². The monoisotopic (exact) mass is 377 g/mol. The molecule has 0 amide bonds. The van der Waals surface area contributed by atoms with E-state index >= 15 is 0 Å². The molecule has 0 radical (unpaired) electrons. The van der Waals surface area contributed by atoms with Crippen molar-refractivity contribution in [1.29, 1.82) is 0 Å². The quantitative estimate of drug-likeness (QED) is 0.732. The normalized spacial score (nSPS) is 20.8. The van der Waals surface area contributed by atoms with Crippen molar-refractivity contribution in [2.75, 3.05) is 18.4 Å². The second-order valence-corrected chi connectivity index (χ2v) is 6.64. The van der Waals surface area contributed by atoms with Crippen LogP contribution in [-0.4, -0.2) is 33.1 Å². The molecule has 0 aromatic carbocycles. The summed E-state index contributed by atoms with van der Waals surface area (Å²) in [4.78, 5) is 2.55. The Kier molecular flexibility index (Phi) is 5.27. The predicted molar refractivity (Wildman–Crippen MR) is 82.1 cm³/mol. The van der Waals surface area contributed by atoms with Crippen LogP contribution in [0.3, 0.4) is 0 Å². The van der Waals surface area contributed by atoms with Crippen LogP contribution >= 0.6 is 31.9 Å². The first-order chi connectivity index (χ1) is 8.65. The fourth-order valence-electron chi connectivity index (χ4n) is 2.65. The number of aromatic nitrogens is 2. The highest BCUT2D eigenvalue weighted by Gasteiger charge is 2.24. The van der Waals surface area contributed by atoms with Gasteiger partial charge in [-0.25, -0.2) is 0 Å². The smallest absolute Gasteiger partial charge is 0.0767 e. The maximum atomic E-state index is 4.56. The number of halogens is 2. The Morgan fingerprint density at radius 2 is 2.22 bits per heavy atom. The van der Waals surface area contributed by atoms with E-state index in [0.717, 1.165) is 24.2 Å². The van der Waals surface area contributed by atoms with Crippen LogP contribution in [0.25, 0.3) is 0 Å². The van der Waals surface area contributed by atoms with E-state index in [1.807, 2.05) is 11.7 Å². The van der Waals surface area contributed by atoms with Gasteiger partial charge in [-0.2, -0.15) is 5.10 Å². The maximum absolute atomic E-state index is 4.56. The summed E-state index contributed by atoms with van der Waals surface area (Å²) in [7, 11) is 2.05. The van der Waals surface area contributed by atoms with Gasteiger partial charge in [0, 0.05) is 25.5 Å². The Bertz CT molecular complexity index is 403. The highest BCUT2D eigenvalue weighted by atomic mass is 79.9. The third-order valence-corrected chi connectivity index (χ3v) is 5.14. The number of nitrogens with zero attached hydrogens (tertiary/aromatic N) is 3. The van der Waals surface area contributed by atoms with Crippen molar-refractivity contribution in [3.05, 3.63) is 15.9 Å². The molecule has 1 aliphatic rings. The Labute approximate surface area is 126 Å². The van der Waals surface area contributed by atoms with E-state index in [9.17, 15) is 0 Å². The molecule has 3 nitrogen and oxygen atoms in total. The van der Waals surface area contributed by atoms with Crippen LogP contribution in [0.1, 0.15) is 31.2 Å². The van der Waals surface area contributed by atoms with Gasteiger partial charge in [-0.3, -0.25) is 9.58 Å². The van der Waals surface area contributed by atoms with Gasteiger partial charge >= 0.3 is 0 Å². The molecule has 1 aromatic rings. The standard InChI is InChI=1S/C13H21Br2N3/c1-3-11-13(15)12(17(2)16-11)9-18-7-5-10(8-18)4-6-14/h10H,3-9H2,1-2H3. The van der Waals surface area contributed by atoms with E-state index in [1.165, 1.54) is 41.8 Å². The zero-order valence-electron chi connectivity index (χ0n) is 11.1. The van der Waals surface area contributed by atoms with Gasteiger partial charge < -0.3 is 0 Å². The van der Waals surface area contributed by atoms with Crippen molar-refractivity contribution in [3.8, 4) is 0 Å². The molecule has 5 heteroatoms. The fraction of sp³-hybridized carbons (Fsp3) is 0.769. The number of alkyl halides is 1. The van der Waals surface area contributed by atoms with Crippen LogP contribution in [0.5, 0.6) is 0 Å². The molecule has 102 valence electrons. The van der Waals surface area contributed by atoms with E-state index in [4.69, 9.17) is 0 Å². The van der Waals surface area contributed by atoms with Crippen LogP contribution in [0.15, 0.2) is 4.47 Å². The van der Waals surface area contributed by atoms with Crippen LogP contribution in [0.2, 0.25) is 0 Å². The molecular formula is C13H21Br2N3. The molecule has 0 saturated carbocycles. The topological polar surface area (TPSA) is 21.1 Å². The lowest BCUT2D eigenvalue weighted by Gasteiger charge is -2.16. The third-order valence-electron chi connectivity index (χ3n) is 3.76. The Morgan fingerprint density at radius 3 is 2.83 bits per heavy atom. The number of rotatable bonds is 5. The Hall–Kier alpha value is 0.130. The summed E-state index contributed by atoms with van der Waals surface area (Å²) in [6.07, 6.45) is 3.62. The molecule has 2 heterocycles. The van der Waals surface area contributed by atoms with Gasteiger partial charge in [0.05, 0.1) is 15.9 Å². The van der Waals surface area contributed by atoms with Crippen molar-refractivity contribution in [3.63, 3.8) is 0 Å². The third kappa shape index (κ3) is 3.17. The zero-order valence-corrected chi connectivity index (χ0v) is 14.3. The van der Waals surface area contributed by atoms with Gasteiger partial charge in [0.1, 0.15) is 0 Å². The molecule has 2 rings (SSSR count). The first kappa shape index (κ1) is 14.5. The number of aryl methyl sites for hydroxylation is 2. The van der Waals surface area contributed by atoms with Gasteiger partial charge in [0.2, 0.25) is 0 Å². The molecular weight excluding hydrogens is 358 g/mol. The molecule has 1 aromatic heterocycles. The maximum Gasteiger partial charge on any atom is 0.0767 e. The van der Waals surface area contributed by atoms with E-state index in [2.05, 4.69) is 48.8 Å². The van der Waals surface area contributed by atoms with E-state index in [0.29, 0.717) is 0 Å². The minimum atomic E-state index is 0.863. The molecule has 1 aliphatic heterocycles. The zero-order chi connectivity index (χ0) is 13.1. The number of likely N-dealkylation sites (tertiary alicyclic amines) is 1. The molecule has 0 N–H and O–H groups in total. The second-order valence-electron chi connectivity index (χ2n) is 5.05. The van der Waals surface area contributed by atoms with E-state index in [-0.39, 0.29) is 0 Å². The van der Waals surface area contributed by atoms with Crippen LogP contribution < -0.4 is 0 Å². The van der Waals surface area contributed by atoms with E-state index in [1.54, 1.807) is 0 Å². The van der Waals surface area contributed by atoms with E-state index < -0.39 is 0 Å². The molecule has 1 atom stereocenters. The molecule has 0 bridgehead atoms. The lowest BCUT2D eigenvalue weighted by atomic mass is 10.1. The molecule has 1 fully saturated rings. The van der Waals surface area contributed by atoms with Crippen molar-refractivity contribution >= 4 is 31.9 Å². The van der Waals surface area contributed by atoms with Gasteiger partial charge in [0.15, 0.2) is 0 Å². The summed E-state index contributed by atoms with van der Waals surface area (Å²) >= 11 is 7.24. The first-order valence-corrected chi connectivity index (χ1v) is 8.55. The number of hydrogen-bond donors (Lipinski definition) is 0. The fourth-order valence-corrected chi connectivity index (χ4v) is 4.04. The van der Waals surface area contributed by atoms with Crippen LogP contribution in [0, 0.1) is 5.92 Å². The molecule has 0 spiro atoms. The Balaban J connectivity index is 2.00. The summed E-state index contributed by atoms with van der Waals surface area (Å²) in [5, 5.41) is 5.69. The SMILES string of the molecule is CCc1nn(C)c(CN2CCC(CCBr)C2)c1Br. The largest absolute Gasteiger partial charge is 0.297 e. The second kappa shape index (κ2) is 6.53. The summed E-state index contributed by atoms with van der Waals surface area (Å²) in [5.41, 5.74) is 2.48. The highest BCUT2D eigenvalue weighted by Crippen LogP contribution is 2.26. The van der Waals surface area contributed by atoms with Crippen LogP contribution in [-0.2, 0) is 20.0 Å². The summed E-state index contributed by atoms with van der Waals surface area (Å²) in [6.45, 7) is 5.61. The minimum absolute atomic E-state index is 0.863. The first-order valence-electron chi connectivity index (χ1n) is 6.64. The van der Waals surface area contributed by atoms with Gasteiger partial charge in [-0.15, -0.1) is 0 Å². The molecule has 18 heavy (non-hydrogen) atoms. The molecule has 1 saturated heterocycles. The molecule has 1 unspecified atom stereocenters. The van der Waals surface area contributed by atoms with Gasteiger partial charge in [0.25, 0.3) is 0 Å². The van der Waals surface area contributed by atoms with Gasteiger partial charge in [-0.05, 0) is 47.7 Å². The summed E-state index contributed by atoms with van der Waals surface area (Å²) < 4.78 is 3.23.